The van der Waals surface area contributed by atoms with Crippen molar-refractivity contribution in [1.82, 2.24) is 0 Å². The van der Waals surface area contributed by atoms with Crippen molar-refractivity contribution in [1.29, 1.82) is 0 Å². The number of hydrogen-bond acceptors (Lipinski definition) is 2. The quantitative estimate of drug-likeness (QED) is 0.289. The molecule has 0 saturated heterocycles. The van der Waals surface area contributed by atoms with E-state index in [1.807, 2.05) is 0 Å². The fourth-order valence-corrected chi connectivity index (χ4v) is 0.201. The van der Waals surface area contributed by atoms with Gasteiger partial charge in [0.15, 0.2) is 0 Å². The van der Waals surface area contributed by atoms with Gasteiger partial charge in [-0.05, 0) is 6.92 Å². The molecule has 2 nitrogen and oxygen atoms in total. The molecule has 0 heterocycles. The van der Waals surface area contributed by atoms with Crippen LogP contribution in [0.3, 0.4) is 0 Å². The smallest absolute Gasteiger partial charge is 0.330 e. The summed E-state index contributed by atoms with van der Waals surface area (Å²) in [5, 5.41) is 0. The second-order valence-corrected chi connectivity index (χ2v) is 0.956. The first-order chi connectivity index (χ1) is 3.31. The monoisotopic (exact) mass is 107 g/mol. The first-order valence-corrected chi connectivity index (χ1v) is 2.10. The largest absolute Gasteiger partial charge is 0.463 e. The van der Waals surface area contributed by atoms with Gasteiger partial charge in [-0.3, -0.25) is 0 Å². The second kappa shape index (κ2) is 6.81. The van der Waals surface area contributed by atoms with Gasteiger partial charge in [0, 0.05) is 24.9 Å². The van der Waals surface area contributed by atoms with Crippen molar-refractivity contribution in [3.63, 3.8) is 0 Å². The maximum Gasteiger partial charge on any atom is 0.330 e. The molecule has 0 aliphatic rings. The Morgan fingerprint density at radius 1 is 1.88 bits per heavy atom. The molecular formula is C5H8LiO2. The number of carbonyl (C=O) groups excluding carboxylic acids is 1. The molecule has 0 rings (SSSR count). The van der Waals surface area contributed by atoms with E-state index in [0.29, 0.717) is 6.61 Å². The van der Waals surface area contributed by atoms with Gasteiger partial charge >= 0.3 is 5.97 Å². The summed E-state index contributed by atoms with van der Waals surface area (Å²) in [6.45, 7) is 5.38. The molecule has 8 heavy (non-hydrogen) atoms. The minimum Gasteiger partial charge on any atom is -0.463 e. The zero-order valence-electron chi connectivity index (χ0n) is 5.31. The van der Waals surface area contributed by atoms with E-state index in [2.05, 4.69) is 11.3 Å². The van der Waals surface area contributed by atoms with Crippen molar-refractivity contribution in [2.45, 2.75) is 6.92 Å². The van der Waals surface area contributed by atoms with E-state index in [0.717, 1.165) is 6.08 Å². The zero-order chi connectivity index (χ0) is 5.70. The van der Waals surface area contributed by atoms with E-state index in [-0.39, 0.29) is 24.8 Å². The third-order valence-electron chi connectivity index (χ3n) is 0.453. The van der Waals surface area contributed by atoms with Crippen LogP contribution >= 0.6 is 0 Å². The van der Waals surface area contributed by atoms with E-state index in [1.165, 1.54) is 0 Å². The Labute approximate surface area is 61.1 Å². The van der Waals surface area contributed by atoms with Gasteiger partial charge in [0.25, 0.3) is 0 Å². The normalized spacial score (nSPS) is 6.62. The van der Waals surface area contributed by atoms with Crippen LogP contribution in [0.4, 0.5) is 0 Å². The van der Waals surface area contributed by atoms with Crippen LogP contribution in [0.5, 0.6) is 0 Å². The van der Waals surface area contributed by atoms with Gasteiger partial charge in [0.05, 0.1) is 6.61 Å². The summed E-state index contributed by atoms with van der Waals surface area (Å²) in [6, 6.07) is 0. The second-order valence-electron chi connectivity index (χ2n) is 0.956. The SMILES string of the molecule is C=CC(=O)OCC.[Li]. The molecule has 0 fully saturated rings. The van der Waals surface area contributed by atoms with E-state index < -0.39 is 0 Å². The van der Waals surface area contributed by atoms with Gasteiger partial charge in [-0.25, -0.2) is 4.79 Å². The van der Waals surface area contributed by atoms with Crippen molar-refractivity contribution < 1.29 is 9.53 Å². The fourth-order valence-electron chi connectivity index (χ4n) is 0.201. The molecule has 0 aromatic heterocycles. The van der Waals surface area contributed by atoms with Crippen LogP contribution in [0.25, 0.3) is 0 Å². The first-order valence-electron chi connectivity index (χ1n) is 2.10. The molecule has 0 unspecified atom stereocenters. The Kier molecular flexibility index (Phi) is 9.13. The molecular weight excluding hydrogens is 99.0 g/mol. The maximum absolute atomic E-state index is 10.1. The third-order valence-corrected chi connectivity index (χ3v) is 0.453. The van der Waals surface area contributed by atoms with Gasteiger partial charge in [-0.1, -0.05) is 6.58 Å². The van der Waals surface area contributed by atoms with Crippen molar-refractivity contribution >= 4 is 24.8 Å². The summed E-state index contributed by atoms with van der Waals surface area (Å²) in [5.41, 5.74) is 0. The topological polar surface area (TPSA) is 26.3 Å². The van der Waals surface area contributed by atoms with Crippen LogP contribution in [0.15, 0.2) is 12.7 Å². The summed E-state index contributed by atoms with van der Waals surface area (Å²) in [7, 11) is 0. The molecule has 0 aromatic rings. The molecule has 1 radical (unpaired) electrons. The minimum absolute atomic E-state index is 0. The van der Waals surface area contributed by atoms with Crippen LogP contribution in [0, 0.1) is 0 Å². The Hall–Kier alpha value is -0.193. The molecule has 0 aromatic carbocycles. The molecule has 0 N–H and O–H groups in total. The van der Waals surface area contributed by atoms with E-state index in [1.54, 1.807) is 6.92 Å². The fraction of sp³-hybridized carbons (Fsp3) is 0.400. The standard InChI is InChI=1S/C5H8O2.Li/c1-3-5(6)7-4-2;/h3H,1,4H2,2H3;. The van der Waals surface area contributed by atoms with Gasteiger partial charge in [0.1, 0.15) is 0 Å². The summed E-state index contributed by atoms with van der Waals surface area (Å²) < 4.78 is 4.43. The minimum atomic E-state index is -0.359. The zero-order valence-corrected chi connectivity index (χ0v) is 5.31. The average molecular weight is 107 g/mol. The Balaban J connectivity index is 0. The number of esters is 1. The van der Waals surface area contributed by atoms with Crippen molar-refractivity contribution in [2.24, 2.45) is 0 Å². The average Bonchev–Trinajstić information content (AvgIpc) is 1.68. The number of hydrogen-bond donors (Lipinski definition) is 0. The van der Waals surface area contributed by atoms with Gasteiger partial charge in [-0.2, -0.15) is 0 Å². The molecule has 0 aliphatic carbocycles. The van der Waals surface area contributed by atoms with Crippen molar-refractivity contribution in [3.05, 3.63) is 12.7 Å². The summed E-state index contributed by atoms with van der Waals surface area (Å²) >= 11 is 0. The number of carbonyl (C=O) groups is 1. The van der Waals surface area contributed by atoms with Crippen LogP contribution in [-0.4, -0.2) is 31.4 Å². The molecule has 41 valence electrons. The molecule has 0 saturated carbocycles. The van der Waals surface area contributed by atoms with Crippen molar-refractivity contribution in [3.8, 4) is 0 Å². The predicted molar refractivity (Wildman–Crippen MR) is 32.6 cm³/mol. The van der Waals surface area contributed by atoms with Crippen LogP contribution in [-0.2, 0) is 9.53 Å². The van der Waals surface area contributed by atoms with Gasteiger partial charge in [-0.15, -0.1) is 0 Å². The Bertz CT molecular complexity index is 80.5. The van der Waals surface area contributed by atoms with Crippen LogP contribution < -0.4 is 0 Å². The number of rotatable bonds is 2. The van der Waals surface area contributed by atoms with Gasteiger partial charge < -0.3 is 4.74 Å². The number of ether oxygens (including phenoxy) is 1. The van der Waals surface area contributed by atoms with Crippen LogP contribution in [0.2, 0.25) is 0 Å². The predicted octanol–water partition coefficient (Wildman–Crippen LogP) is 0.355. The first kappa shape index (κ1) is 10.7. The van der Waals surface area contributed by atoms with E-state index in [4.69, 9.17) is 0 Å². The summed E-state index contributed by atoms with van der Waals surface area (Å²) in [4.78, 5) is 10.1. The molecule has 0 amide bonds. The molecule has 0 spiro atoms. The maximum atomic E-state index is 10.1. The molecule has 3 heteroatoms. The third kappa shape index (κ3) is 5.81. The van der Waals surface area contributed by atoms with Crippen molar-refractivity contribution in [2.75, 3.05) is 6.61 Å². The molecule has 0 aliphatic heterocycles. The van der Waals surface area contributed by atoms with E-state index >= 15 is 0 Å². The van der Waals surface area contributed by atoms with E-state index in [9.17, 15) is 4.79 Å². The molecule has 0 atom stereocenters. The Morgan fingerprint density at radius 3 is 2.50 bits per heavy atom. The van der Waals surface area contributed by atoms with Crippen LogP contribution in [0.1, 0.15) is 6.92 Å². The molecule has 0 bridgehead atoms. The summed E-state index contributed by atoms with van der Waals surface area (Å²) in [5.74, 6) is -0.359. The Morgan fingerprint density at radius 2 is 2.38 bits per heavy atom. The summed E-state index contributed by atoms with van der Waals surface area (Å²) in [6.07, 6.45) is 1.14. The van der Waals surface area contributed by atoms with Gasteiger partial charge in [0.2, 0.25) is 0 Å².